The molecule has 1 heterocycles. The van der Waals surface area contributed by atoms with E-state index < -0.39 is 5.97 Å². The number of nitrogens with one attached hydrogen (secondary N) is 1. The lowest BCUT2D eigenvalue weighted by Crippen LogP contribution is -2.24. The van der Waals surface area contributed by atoms with Gasteiger partial charge in [-0.3, -0.25) is 4.79 Å². The van der Waals surface area contributed by atoms with Gasteiger partial charge in [0, 0.05) is 22.4 Å². The lowest BCUT2D eigenvalue weighted by Gasteiger charge is -2.15. The van der Waals surface area contributed by atoms with E-state index in [1.54, 1.807) is 34.9 Å². The molecule has 1 aromatic heterocycles. The molecule has 0 radical (unpaired) electrons. The highest BCUT2D eigenvalue weighted by atomic mass is 35.5. The van der Waals surface area contributed by atoms with E-state index in [2.05, 4.69) is 5.32 Å². The van der Waals surface area contributed by atoms with E-state index in [1.807, 2.05) is 30.3 Å². The predicted molar refractivity (Wildman–Crippen MR) is 110 cm³/mol. The number of aromatic nitrogens is 1. The lowest BCUT2D eigenvalue weighted by atomic mass is 10.1. The number of aliphatic carboxylic acids is 1. The highest BCUT2D eigenvalue weighted by Gasteiger charge is 2.15. The van der Waals surface area contributed by atoms with Crippen molar-refractivity contribution < 1.29 is 19.4 Å². The average Bonchev–Trinajstić information content (AvgIpc) is 3.09. The van der Waals surface area contributed by atoms with E-state index in [9.17, 15) is 14.7 Å². The zero-order valence-corrected chi connectivity index (χ0v) is 16.6. The number of amides is 1. The summed E-state index contributed by atoms with van der Waals surface area (Å²) in [5.41, 5.74) is 2.97. The topological polar surface area (TPSA) is 83.4 Å². The number of carboxylic acids is 1. The van der Waals surface area contributed by atoms with Crippen LogP contribution in [0.3, 0.4) is 0 Å². The highest BCUT2D eigenvalue weighted by molar-refractivity contribution is 6.30. The third-order valence-electron chi connectivity index (χ3n) is 4.48. The van der Waals surface area contributed by atoms with Crippen LogP contribution in [0.4, 0.5) is 5.69 Å². The van der Waals surface area contributed by atoms with Gasteiger partial charge >= 0.3 is 0 Å². The molecule has 0 atom stereocenters. The van der Waals surface area contributed by atoms with Crippen LogP contribution in [0.15, 0.2) is 60.7 Å². The minimum absolute atomic E-state index is 0.0192. The molecule has 7 heteroatoms. The molecule has 1 N–H and O–H groups in total. The van der Waals surface area contributed by atoms with Crippen molar-refractivity contribution in [2.45, 2.75) is 19.4 Å². The number of para-hydroxylation sites is 2. The molecule has 0 aliphatic rings. The fourth-order valence-electron chi connectivity index (χ4n) is 3.10. The van der Waals surface area contributed by atoms with E-state index in [4.69, 9.17) is 16.3 Å². The molecule has 0 saturated carbocycles. The summed E-state index contributed by atoms with van der Waals surface area (Å²) in [7, 11) is 1.54. The first-order valence-corrected chi connectivity index (χ1v) is 9.43. The molecule has 150 valence electrons. The van der Waals surface area contributed by atoms with Crippen LogP contribution in [0.1, 0.15) is 12.1 Å². The van der Waals surface area contributed by atoms with Gasteiger partial charge in [-0.15, -0.1) is 0 Å². The Morgan fingerprint density at radius 3 is 2.48 bits per heavy atom. The Balaban J connectivity index is 1.88. The van der Waals surface area contributed by atoms with Crippen LogP contribution < -0.4 is 15.2 Å². The summed E-state index contributed by atoms with van der Waals surface area (Å²) in [6, 6.07) is 18.1. The molecular formula is C22H20ClN2O4-. The van der Waals surface area contributed by atoms with Crippen molar-refractivity contribution >= 4 is 29.2 Å². The number of carbonyl (C=O) groups excluding carboxylic acids is 2. The monoisotopic (exact) mass is 411 g/mol. The summed E-state index contributed by atoms with van der Waals surface area (Å²) in [6.45, 7) is 0.0192. The van der Waals surface area contributed by atoms with Crippen LogP contribution in [0, 0.1) is 0 Å². The van der Waals surface area contributed by atoms with Gasteiger partial charge in [-0.05, 0) is 54.8 Å². The summed E-state index contributed by atoms with van der Waals surface area (Å²) in [5.74, 6) is -0.830. The van der Waals surface area contributed by atoms with E-state index in [0.717, 1.165) is 17.0 Å². The maximum Gasteiger partial charge on any atom is 0.244 e. The second kappa shape index (κ2) is 9.30. The first kappa shape index (κ1) is 20.5. The van der Waals surface area contributed by atoms with Gasteiger partial charge in [0.05, 0.1) is 12.8 Å². The van der Waals surface area contributed by atoms with Gasteiger partial charge in [-0.1, -0.05) is 35.9 Å². The fraction of sp³-hybridized carbons (Fsp3) is 0.182. The Bertz CT molecular complexity index is 1010. The molecule has 29 heavy (non-hydrogen) atoms. The van der Waals surface area contributed by atoms with Crippen LogP contribution in [0.25, 0.3) is 11.3 Å². The molecule has 6 nitrogen and oxygen atoms in total. The molecule has 1 amide bonds. The molecule has 0 aliphatic heterocycles. The first-order chi connectivity index (χ1) is 14.0. The third-order valence-corrected chi connectivity index (χ3v) is 4.73. The summed E-state index contributed by atoms with van der Waals surface area (Å²) in [4.78, 5) is 23.6. The minimum Gasteiger partial charge on any atom is -0.550 e. The van der Waals surface area contributed by atoms with Gasteiger partial charge in [-0.25, -0.2) is 0 Å². The second-order valence-corrected chi connectivity index (χ2v) is 6.86. The number of rotatable bonds is 8. The zero-order chi connectivity index (χ0) is 20.8. The van der Waals surface area contributed by atoms with Crippen molar-refractivity contribution in [3.63, 3.8) is 0 Å². The van der Waals surface area contributed by atoms with Crippen molar-refractivity contribution in [3.05, 3.63) is 71.4 Å². The van der Waals surface area contributed by atoms with Crippen LogP contribution in [-0.2, 0) is 22.6 Å². The van der Waals surface area contributed by atoms with Gasteiger partial charge in [0.1, 0.15) is 12.3 Å². The molecule has 2 aromatic carbocycles. The Labute approximate surface area is 173 Å². The summed E-state index contributed by atoms with van der Waals surface area (Å²) >= 11 is 5.98. The number of hydrogen-bond donors (Lipinski definition) is 1. The van der Waals surface area contributed by atoms with E-state index in [0.29, 0.717) is 16.5 Å². The largest absolute Gasteiger partial charge is 0.550 e. The van der Waals surface area contributed by atoms with E-state index in [-0.39, 0.29) is 25.3 Å². The predicted octanol–water partition coefficient (Wildman–Crippen LogP) is 3.14. The average molecular weight is 412 g/mol. The van der Waals surface area contributed by atoms with Crippen molar-refractivity contribution in [1.29, 1.82) is 0 Å². The number of carboxylic acid groups (broad SMARTS) is 1. The van der Waals surface area contributed by atoms with Crippen molar-refractivity contribution in [2.75, 3.05) is 12.4 Å². The molecule has 3 aromatic rings. The number of carbonyl (C=O) groups is 2. The molecule has 3 rings (SSSR count). The summed E-state index contributed by atoms with van der Waals surface area (Å²) < 4.78 is 7.07. The number of aryl methyl sites for hydroxylation is 1. The van der Waals surface area contributed by atoms with Gasteiger partial charge in [-0.2, -0.15) is 0 Å². The number of nitrogens with zero attached hydrogens (tertiary/aromatic N) is 1. The van der Waals surface area contributed by atoms with Crippen LogP contribution in [0.5, 0.6) is 5.75 Å². The first-order valence-electron chi connectivity index (χ1n) is 9.05. The number of hydrogen-bond acceptors (Lipinski definition) is 4. The standard InChI is InChI=1S/C22H21ClN2O4/c1-29-20-5-3-2-4-18(20)24-21(26)14-25-17(11-13-22(27)28)10-12-19(25)15-6-8-16(23)9-7-15/h2-10,12H,11,13-14H2,1H3,(H,24,26)(H,27,28)/p-1. The van der Waals surface area contributed by atoms with Crippen LogP contribution in [-0.4, -0.2) is 23.6 Å². The van der Waals surface area contributed by atoms with Gasteiger partial charge in [0.2, 0.25) is 5.91 Å². The number of ether oxygens (including phenoxy) is 1. The SMILES string of the molecule is COc1ccccc1NC(=O)Cn1c(CCC(=O)[O-])ccc1-c1ccc(Cl)cc1. The highest BCUT2D eigenvalue weighted by Crippen LogP contribution is 2.26. The normalized spacial score (nSPS) is 10.6. The zero-order valence-electron chi connectivity index (χ0n) is 15.9. The van der Waals surface area contributed by atoms with E-state index in [1.165, 1.54) is 7.11 Å². The molecule has 0 saturated heterocycles. The summed E-state index contributed by atoms with van der Waals surface area (Å²) in [5, 5.41) is 14.4. The lowest BCUT2D eigenvalue weighted by molar-refractivity contribution is -0.305. The van der Waals surface area contributed by atoms with Crippen molar-refractivity contribution in [2.24, 2.45) is 0 Å². The minimum atomic E-state index is -1.13. The Hall–Kier alpha value is -3.25. The van der Waals surface area contributed by atoms with Crippen LogP contribution >= 0.6 is 11.6 Å². The fourth-order valence-corrected chi connectivity index (χ4v) is 3.22. The summed E-state index contributed by atoms with van der Waals surface area (Å²) in [6.07, 6.45) is 0.135. The second-order valence-electron chi connectivity index (χ2n) is 6.42. The van der Waals surface area contributed by atoms with Gasteiger partial charge < -0.3 is 24.5 Å². The third kappa shape index (κ3) is 5.18. The number of anilines is 1. The molecule has 0 fully saturated rings. The van der Waals surface area contributed by atoms with E-state index >= 15 is 0 Å². The van der Waals surface area contributed by atoms with Gasteiger partial charge in [0.25, 0.3) is 0 Å². The number of benzene rings is 2. The molecule has 0 bridgehead atoms. The quantitative estimate of drug-likeness (QED) is 0.617. The van der Waals surface area contributed by atoms with Crippen molar-refractivity contribution in [1.82, 2.24) is 4.57 Å². The maximum atomic E-state index is 12.7. The molecular weight excluding hydrogens is 392 g/mol. The Kier molecular flexibility index (Phi) is 6.57. The Morgan fingerprint density at radius 2 is 1.79 bits per heavy atom. The van der Waals surface area contributed by atoms with Gasteiger partial charge in [0.15, 0.2) is 0 Å². The number of methoxy groups -OCH3 is 1. The smallest absolute Gasteiger partial charge is 0.244 e. The molecule has 0 spiro atoms. The number of halogens is 1. The molecule has 0 aliphatic carbocycles. The van der Waals surface area contributed by atoms with Crippen LogP contribution in [0.2, 0.25) is 5.02 Å². The maximum absolute atomic E-state index is 12.7. The molecule has 0 unspecified atom stereocenters. The van der Waals surface area contributed by atoms with Crippen molar-refractivity contribution in [3.8, 4) is 17.0 Å². The Morgan fingerprint density at radius 1 is 1.07 bits per heavy atom.